The zero-order valence-electron chi connectivity index (χ0n) is 7.87. The van der Waals surface area contributed by atoms with Gasteiger partial charge in [-0.05, 0) is 13.8 Å². The van der Waals surface area contributed by atoms with E-state index >= 15 is 0 Å². The molecule has 1 rings (SSSR count). The minimum absolute atomic E-state index is 0. The first kappa shape index (κ1) is 16.4. The molecule has 2 N–H and O–H groups in total. The summed E-state index contributed by atoms with van der Waals surface area (Å²) in [7, 11) is 0. The fourth-order valence-electron chi connectivity index (χ4n) is 0.832. The Morgan fingerprint density at radius 3 is 2.38 bits per heavy atom. The second-order valence-corrected chi connectivity index (χ2v) is 5.87. The van der Waals surface area contributed by atoms with Crippen LogP contribution in [0.5, 0.6) is 0 Å². The van der Waals surface area contributed by atoms with Gasteiger partial charge in [0.25, 0.3) is 0 Å². The van der Waals surface area contributed by atoms with Gasteiger partial charge in [0.15, 0.2) is 11.1 Å². The molecule has 0 aliphatic heterocycles. The summed E-state index contributed by atoms with van der Waals surface area (Å²) in [5.41, 5.74) is -1.07. The maximum atomic E-state index is 10.7. The van der Waals surface area contributed by atoms with E-state index in [0.717, 1.165) is 11.3 Å². The number of nitrogens with zero attached hydrogens (tertiary/aromatic N) is 1. The third-order valence-electron chi connectivity index (χ3n) is 1.45. The molecule has 0 saturated heterocycles. The van der Waals surface area contributed by atoms with E-state index in [1.165, 1.54) is 6.20 Å². The van der Waals surface area contributed by atoms with Gasteiger partial charge in [-0.1, -0.05) is 0 Å². The molecule has 1 aromatic heterocycles. The summed E-state index contributed by atoms with van der Waals surface area (Å²) in [5, 5.41) is 0.363. The van der Waals surface area contributed by atoms with Crippen molar-refractivity contribution in [3.8, 4) is 0 Å². The van der Waals surface area contributed by atoms with Crippen LogP contribution in [0.1, 0.15) is 18.9 Å². The molecule has 88 valence electrons. The third kappa shape index (κ3) is 4.35. The molecular weight excluding hydrogens is 269 g/mol. The first-order valence-corrected chi connectivity index (χ1v) is 6.66. The number of rotatable bonds is 4. The average molecular weight is 279 g/mol. The number of thiazole rings is 1. The van der Waals surface area contributed by atoms with Gasteiger partial charge in [-0.25, -0.2) is 9.19 Å². The van der Waals surface area contributed by atoms with Crippen LogP contribution in [0.25, 0.3) is 0 Å². The number of hydrogen-bond acceptors (Lipinski definition) is 5. The van der Waals surface area contributed by atoms with Gasteiger partial charge in [-0.2, -0.15) is 4.21 Å². The molecular formula is C6H10LiNO5S3. The molecule has 0 aromatic carbocycles. The molecule has 10 heteroatoms. The van der Waals surface area contributed by atoms with Crippen LogP contribution in [-0.2, 0) is 32.2 Å². The Balaban J connectivity index is 0.00000225. The summed E-state index contributed by atoms with van der Waals surface area (Å²) in [5.74, 6) is 0. The normalized spacial score (nSPS) is 15.2. The van der Waals surface area contributed by atoms with Crippen LogP contribution < -0.4 is 0 Å². The summed E-state index contributed by atoms with van der Waals surface area (Å²) in [6.07, 6.45) is 1.24. The molecule has 2 unspecified atom stereocenters. The molecule has 1 aromatic rings. The van der Waals surface area contributed by atoms with Gasteiger partial charge in [0.1, 0.15) is 14.8 Å². The molecule has 1 heterocycles. The predicted molar refractivity (Wildman–Crippen MR) is 63.2 cm³/mol. The van der Waals surface area contributed by atoms with Crippen LogP contribution in [0.3, 0.4) is 0 Å². The van der Waals surface area contributed by atoms with Crippen LogP contribution in [0, 0.1) is 0 Å². The van der Waals surface area contributed by atoms with E-state index in [9.17, 15) is 8.42 Å². The molecule has 0 amide bonds. The molecule has 2 atom stereocenters. The average Bonchev–Trinajstić information content (AvgIpc) is 2.48. The molecule has 0 spiro atoms. The summed E-state index contributed by atoms with van der Waals surface area (Å²) >= 11 is -3.54. The van der Waals surface area contributed by atoms with Gasteiger partial charge in [-0.3, -0.25) is 8.74 Å². The van der Waals surface area contributed by atoms with Crippen molar-refractivity contribution < 1.29 is 21.7 Å². The van der Waals surface area contributed by atoms with Crippen molar-refractivity contribution in [1.82, 2.24) is 4.98 Å². The first-order valence-electron chi connectivity index (χ1n) is 3.70. The van der Waals surface area contributed by atoms with Crippen molar-refractivity contribution in [3.63, 3.8) is 0 Å². The minimum atomic E-state index is -2.41. The quantitative estimate of drug-likeness (QED) is 0.614. The third-order valence-corrected chi connectivity index (χ3v) is 4.23. The number of aromatic nitrogens is 1. The van der Waals surface area contributed by atoms with E-state index in [1.54, 1.807) is 13.8 Å². The SMILES string of the molecule is CC(C)(OS(=O)O)c1ncc(S(=O)O)s1.[LiH]. The van der Waals surface area contributed by atoms with Gasteiger partial charge in [0, 0.05) is 0 Å². The second-order valence-electron chi connectivity index (χ2n) is 3.04. The summed E-state index contributed by atoms with van der Waals surface area (Å²) in [4.78, 5) is 3.86. The van der Waals surface area contributed by atoms with Crippen LogP contribution in [0.4, 0.5) is 0 Å². The molecule has 0 saturated carbocycles. The zero-order chi connectivity index (χ0) is 11.6. The Kier molecular flexibility index (Phi) is 6.53. The van der Waals surface area contributed by atoms with E-state index in [-0.39, 0.29) is 23.1 Å². The molecule has 0 radical (unpaired) electrons. The van der Waals surface area contributed by atoms with Crippen molar-refractivity contribution in [1.29, 1.82) is 0 Å². The standard InChI is InChI=1S/C6H9NO5S3.Li.H/c1-6(2,12-15(10)11)5-7-3-4(13-5)14(8)9;;/h3H,1-2H3,(H,8,9)(H,10,11);;. The monoisotopic (exact) mass is 279 g/mol. The maximum absolute atomic E-state index is 10.7. The van der Waals surface area contributed by atoms with E-state index in [4.69, 9.17) is 13.3 Å². The van der Waals surface area contributed by atoms with Crippen LogP contribution in [-0.4, -0.2) is 41.4 Å². The zero-order valence-corrected chi connectivity index (χ0v) is 10.3. The van der Waals surface area contributed by atoms with Crippen molar-refractivity contribution in [2.75, 3.05) is 0 Å². The molecule has 0 bridgehead atoms. The Bertz CT molecular complexity index is 407. The fourth-order valence-corrected chi connectivity index (χ4v) is 2.67. The second kappa shape index (κ2) is 6.37. The Morgan fingerprint density at radius 2 is 2.00 bits per heavy atom. The fraction of sp³-hybridized carbons (Fsp3) is 0.500. The van der Waals surface area contributed by atoms with E-state index in [1.807, 2.05) is 0 Å². The van der Waals surface area contributed by atoms with Gasteiger partial charge >= 0.3 is 30.2 Å². The van der Waals surface area contributed by atoms with Crippen LogP contribution >= 0.6 is 11.3 Å². The number of hydrogen-bond donors (Lipinski definition) is 2. The van der Waals surface area contributed by atoms with E-state index < -0.39 is 28.0 Å². The summed E-state index contributed by atoms with van der Waals surface area (Å²) < 4.78 is 43.4. The Hall–Kier alpha value is 0.407. The van der Waals surface area contributed by atoms with Gasteiger partial charge in [0.05, 0.1) is 6.20 Å². The van der Waals surface area contributed by atoms with Gasteiger partial charge in [-0.15, -0.1) is 11.3 Å². The Labute approximate surface area is 114 Å². The van der Waals surface area contributed by atoms with E-state index in [2.05, 4.69) is 4.98 Å². The van der Waals surface area contributed by atoms with Crippen LogP contribution in [0.15, 0.2) is 10.4 Å². The van der Waals surface area contributed by atoms with Crippen molar-refractivity contribution in [2.24, 2.45) is 0 Å². The van der Waals surface area contributed by atoms with Crippen LogP contribution in [0.2, 0.25) is 0 Å². The first-order chi connectivity index (χ1) is 6.83. The van der Waals surface area contributed by atoms with Crippen molar-refractivity contribution in [2.45, 2.75) is 23.7 Å². The Morgan fingerprint density at radius 1 is 1.44 bits per heavy atom. The van der Waals surface area contributed by atoms with Crippen molar-refractivity contribution in [3.05, 3.63) is 11.2 Å². The van der Waals surface area contributed by atoms with Crippen molar-refractivity contribution >= 4 is 52.6 Å². The molecule has 6 nitrogen and oxygen atoms in total. The molecule has 0 aliphatic carbocycles. The summed E-state index contributed by atoms with van der Waals surface area (Å²) in [6, 6.07) is 0. The summed E-state index contributed by atoms with van der Waals surface area (Å²) in [6.45, 7) is 3.09. The molecule has 0 fully saturated rings. The molecule has 16 heavy (non-hydrogen) atoms. The topological polar surface area (TPSA) is 96.7 Å². The predicted octanol–water partition coefficient (Wildman–Crippen LogP) is 0.464. The van der Waals surface area contributed by atoms with Gasteiger partial charge in [0.2, 0.25) is 0 Å². The molecule has 0 aliphatic rings. The van der Waals surface area contributed by atoms with E-state index in [0.29, 0.717) is 5.01 Å². The van der Waals surface area contributed by atoms with Gasteiger partial charge < -0.3 is 4.55 Å².